The number of amides is 1. The van der Waals surface area contributed by atoms with Gasteiger partial charge < -0.3 is 15.2 Å². The minimum Gasteiger partial charge on any atom is -0.496 e. The van der Waals surface area contributed by atoms with Crippen LogP contribution < -0.4 is 10.1 Å². The van der Waals surface area contributed by atoms with Crippen LogP contribution in [0, 0.1) is 5.92 Å². The Kier molecular flexibility index (Phi) is 4.97. The predicted molar refractivity (Wildman–Crippen MR) is 67.0 cm³/mol. The molecule has 0 heterocycles. The molecule has 4 heteroatoms. The van der Waals surface area contributed by atoms with Crippen LogP contribution in [0.15, 0.2) is 18.2 Å². The number of anilines is 1. The van der Waals surface area contributed by atoms with Crippen LogP contribution in [-0.4, -0.2) is 18.1 Å². The van der Waals surface area contributed by atoms with Gasteiger partial charge in [-0.05, 0) is 24.1 Å². The molecule has 0 unspecified atom stereocenters. The molecule has 0 saturated carbocycles. The van der Waals surface area contributed by atoms with Gasteiger partial charge in [-0.1, -0.05) is 13.8 Å². The van der Waals surface area contributed by atoms with Gasteiger partial charge in [0.25, 0.3) is 0 Å². The number of carbonyl (C=O) groups excluding carboxylic acids is 1. The molecule has 94 valence electrons. The third kappa shape index (κ3) is 4.07. The molecule has 1 rings (SSSR count). The van der Waals surface area contributed by atoms with Gasteiger partial charge in [0.1, 0.15) is 5.75 Å². The molecule has 0 fully saturated rings. The average Bonchev–Trinajstić information content (AvgIpc) is 2.27. The lowest BCUT2D eigenvalue weighted by molar-refractivity contribution is -0.116. The first-order valence-electron chi connectivity index (χ1n) is 5.64. The van der Waals surface area contributed by atoms with Crippen molar-refractivity contribution in [2.24, 2.45) is 5.92 Å². The SMILES string of the molecule is COc1ccc(NC(=O)CC(C)C)cc1CO. The van der Waals surface area contributed by atoms with Crippen molar-refractivity contribution in [1.29, 1.82) is 0 Å². The van der Waals surface area contributed by atoms with Gasteiger partial charge in [-0.3, -0.25) is 4.79 Å². The van der Waals surface area contributed by atoms with Gasteiger partial charge in [0.05, 0.1) is 13.7 Å². The molecule has 1 amide bonds. The maximum Gasteiger partial charge on any atom is 0.224 e. The standard InChI is InChI=1S/C13H19NO3/c1-9(2)6-13(16)14-11-4-5-12(17-3)10(7-11)8-15/h4-5,7,9,15H,6,8H2,1-3H3,(H,14,16). The number of carbonyl (C=O) groups is 1. The minimum atomic E-state index is -0.114. The van der Waals surface area contributed by atoms with Crippen LogP contribution in [0.1, 0.15) is 25.8 Å². The van der Waals surface area contributed by atoms with E-state index in [1.54, 1.807) is 25.3 Å². The summed E-state index contributed by atoms with van der Waals surface area (Å²) in [5, 5.41) is 12.0. The van der Waals surface area contributed by atoms with E-state index in [4.69, 9.17) is 9.84 Å². The van der Waals surface area contributed by atoms with Gasteiger partial charge in [-0.25, -0.2) is 0 Å². The maximum atomic E-state index is 11.6. The van der Waals surface area contributed by atoms with Gasteiger partial charge in [0.2, 0.25) is 5.91 Å². The van der Waals surface area contributed by atoms with Crippen LogP contribution in [0.5, 0.6) is 5.75 Å². The first-order chi connectivity index (χ1) is 8.06. The monoisotopic (exact) mass is 237 g/mol. The second kappa shape index (κ2) is 6.25. The molecule has 0 saturated heterocycles. The molecule has 1 aromatic carbocycles. The molecular formula is C13H19NO3. The summed E-state index contributed by atoms with van der Waals surface area (Å²) in [7, 11) is 1.55. The van der Waals surface area contributed by atoms with Gasteiger partial charge in [0, 0.05) is 17.7 Å². The van der Waals surface area contributed by atoms with Crippen molar-refractivity contribution in [2.45, 2.75) is 26.9 Å². The average molecular weight is 237 g/mol. The summed E-state index contributed by atoms with van der Waals surface area (Å²) in [6.07, 6.45) is 0.487. The zero-order chi connectivity index (χ0) is 12.8. The molecule has 0 atom stereocenters. The number of hydrogen-bond donors (Lipinski definition) is 2. The van der Waals surface area contributed by atoms with Gasteiger partial charge in [0.15, 0.2) is 0 Å². The zero-order valence-corrected chi connectivity index (χ0v) is 10.5. The summed E-state index contributed by atoms with van der Waals surface area (Å²) in [5.41, 5.74) is 1.34. The molecule has 0 aliphatic carbocycles. The summed E-state index contributed by atoms with van der Waals surface area (Å²) >= 11 is 0. The number of benzene rings is 1. The highest BCUT2D eigenvalue weighted by atomic mass is 16.5. The van der Waals surface area contributed by atoms with Crippen molar-refractivity contribution >= 4 is 11.6 Å². The molecule has 4 nitrogen and oxygen atoms in total. The number of aliphatic hydroxyl groups excluding tert-OH is 1. The van der Waals surface area contributed by atoms with E-state index in [9.17, 15) is 4.79 Å². The molecule has 0 bridgehead atoms. The van der Waals surface area contributed by atoms with E-state index in [0.29, 0.717) is 29.3 Å². The first-order valence-corrected chi connectivity index (χ1v) is 5.64. The lowest BCUT2D eigenvalue weighted by Gasteiger charge is -2.10. The van der Waals surface area contributed by atoms with Crippen LogP contribution in [0.3, 0.4) is 0 Å². The molecule has 2 N–H and O–H groups in total. The maximum absolute atomic E-state index is 11.6. The van der Waals surface area contributed by atoms with E-state index in [0.717, 1.165) is 0 Å². The Morgan fingerprint density at radius 1 is 1.47 bits per heavy atom. The molecule has 17 heavy (non-hydrogen) atoms. The van der Waals surface area contributed by atoms with Crippen LogP contribution in [0.25, 0.3) is 0 Å². The lowest BCUT2D eigenvalue weighted by atomic mass is 10.1. The Balaban J connectivity index is 2.75. The van der Waals surface area contributed by atoms with Gasteiger partial charge in [-0.15, -0.1) is 0 Å². The van der Waals surface area contributed by atoms with Crippen molar-refractivity contribution in [3.8, 4) is 5.75 Å². The largest absolute Gasteiger partial charge is 0.496 e. The van der Waals surface area contributed by atoms with E-state index >= 15 is 0 Å². The fraction of sp³-hybridized carbons (Fsp3) is 0.462. The summed E-state index contributed by atoms with van der Waals surface area (Å²) in [6, 6.07) is 5.21. The van der Waals surface area contributed by atoms with Crippen molar-refractivity contribution in [2.75, 3.05) is 12.4 Å². The second-order valence-corrected chi connectivity index (χ2v) is 4.33. The van der Waals surface area contributed by atoms with Gasteiger partial charge in [-0.2, -0.15) is 0 Å². The Labute approximate surface area is 102 Å². The first kappa shape index (κ1) is 13.5. The Bertz CT molecular complexity index is 388. The van der Waals surface area contributed by atoms with Crippen LogP contribution in [-0.2, 0) is 11.4 Å². The number of hydrogen-bond acceptors (Lipinski definition) is 3. The zero-order valence-electron chi connectivity index (χ0n) is 10.5. The Morgan fingerprint density at radius 3 is 2.71 bits per heavy atom. The highest BCUT2D eigenvalue weighted by Crippen LogP contribution is 2.22. The van der Waals surface area contributed by atoms with E-state index in [2.05, 4.69) is 5.32 Å². The molecule has 0 aliphatic rings. The number of methoxy groups -OCH3 is 1. The lowest BCUT2D eigenvalue weighted by Crippen LogP contribution is -2.14. The third-order valence-electron chi connectivity index (χ3n) is 2.33. The summed E-state index contributed by atoms with van der Waals surface area (Å²) in [6.45, 7) is 3.87. The Hall–Kier alpha value is -1.55. The fourth-order valence-corrected chi connectivity index (χ4v) is 1.56. The van der Waals surface area contributed by atoms with E-state index in [1.165, 1.54) is 0 Å². The summed E-state index contributed by atoms with van der Waals surface area (Å²) in [5.74, 6) is 0.925. The Morgan fingerprint density at radius 2 is 2.18 bits per heavy atom. The molecule has 0 spiro atoms. The molecular weight excluding hydrogens is 218 g/mol. The molecule has 0 aliphatic heterocycles. The van der Waals surface area contributed by atoms with Crippen molar-refractivity contribution in [1.82, 2.24) is 0 Å². The molecule has 0 aromatic heterocycles. The number of nitrogens with one attached hydrogen (secondary N) is 1. The predicted octanol–water partition coefficient (Wildman–Crippen LogP) is 2.17. The fourth-order valence-electron chi connectivity index (χ4n) is 1.56. The van der Waals surface area contributed by atoms with Gasteiger partial charge >= 0.3 is 0 Å². The van der Waals surface area contributed by atoms with Crippen molar-refractivity contribution in [3.63, 3.8) is 0 Å². The number of aliphatic hydroxyl groups is 1. The quantitative estimate of drug-likeness (QED) is 0.825. The third-order valence-corrected chi connectivity index (χ3v) is 2.33. The highest BCUT2D eigenvalue weighted by molar-refractivity contribution is 5.91. The topological polar surface area (TPSA) is 58.6 Å². The van der Waals surface area contributed by atoms with Crippen LogP contribution in [0.4, 0.5) is 5.69 Å². The summed E-state index contributed by atoms with van der Waals surface area (Å²) in [4.78, 5) is 11.6. The highest BCUT2D eigenvalue weighted by Gasteiger charge is 2.07. The van der Waals surface area contributed by atoms with Crippen molar-refractivity contribution < 1.29 is 14.6 Å². The number of rotatable bonds is 5. The molecule has 1 aromatic rings. The minimum absolute atomic E-state index is 0.0194. The molecule has 0 radical (unpaired) electrons. The second-order valence-electron chi connectivity index (χ2n) is 4.33. The van der Waals surface area contributed by atoms with Crippen molar-refractivity contribution in [3.05, 3.63) is 23.8 Å². The normalized spacial score (nSPS) is 10.4. The van der Waals surface area contributed by atoms with Crippen LogP contribution >= 0.6 is 0 Å². The number of ether oxygens (including phenoxy) is 1. The van der Waals surface area contributed by atoms with E-state index in [-0.39, 0.29) is 12.5 Å². The van der Waals surface area contributed by atoms with E-state index in [1.807, 2.05) is 13.8 Å². The smallest absolute Gasteiger partial charge is 0.224 e. The van der Waals surface area contributed by atoms with Crippen LogP contribution in [0.2, 0.25) is 0 Å². The van der Waals surface area contributed by atoms with E-state index < -0.39 is 0 Å². The summed E-state index contributed by atoms with van der Waals surface area (Å²) < 4.78 is 5.09.